The van der Waals surface area contributed by atoms with Gasteiger partial charge in [-0.25, -0.2) is 0 Å². The molecule has 0 amide bonds. The molecule has 0 radical (unpaired) electrons. The van der Waals surface area contributed by atoms with Crippen LogP contribution in [0.3, 0.4) is 0 Å². The van der Waals surface area contributed by atoms with Crippen molar-refractivity contribution < 1.29 is 14.6 Å². The van der Waals surface area contributed by atoms with Crippen LogP contribution >= 0.6 is 0 Å². The fourth-order valence-corrected chi connectivity index (χ4v) is 2.48. The van der Waals surface area contributed by atoms with Gasteiger partial charge in [-0.15, -0.1) is 0 Å². The zero-order chi connectivity index (χ0) is 15.1. The third-order valence-electron chi connectivity index (χ3n) is 3.67. The van der Waals surface area contributed by atoms with Crippen LogP contribution in [-0.2, 0) is 11.3 Å². The van der Waals surface area contributed by atoms with Gasteiger partial charge in [0.15, 0.2) is 5.75 Å². The van der Waals surface area contributed by atoms with Crippen molar-refractivity contribution in [3.8, 4) is 5.75 Å². The molecule has 0 saturated carbocycles. The van der Waals surface area contributed by atoms with Crippen molar-refractivity contribution in [1.29, 1.82) is 0 Å². The number of carbonyl (C=O) groups is 1. The number of piperidine rings is 1. The van der Waals surface area contributed by atoms with Gasteiger partial charge in [0.25, 0.3) is 5.56 Å². The minimum absolute atomic E-state index is 0.0723. The lowest BCUT2D eigenvalue weighted by atomic mass is 10.1. The summed E-state index contributed by atoms with van der Waals surface area (Å²) in [5, 5.41) is 8.67. The van der Waals surface area contributed by atoms with Crippen molar-refractivity contribution in [3.05, 3.63) is 28.7 Å². The van der Waals surface area contributed by atoms with E-state index < -0.39 is 5.97 Å². The van der Waals surface area contributed by atoms with E-state index in [2.05, 4.69) is 4.90 Å². The van der Waals surface area contributed by atoms with Crippen molar-refractivity contribution in [2.24, 2.45) is 0 Å². The number of ether oxygens (including phenoxy) is 1. The van der Waals surface area contributed by atoms with E-state index in [0.29, 0.717) is 12.4 Å². The molecule has 21 heavy (non-hydrogen) atoms. The quantitative estimate of drug-likeness (QED) is 0.818. The maximum atomic E-state index is 12.1. The summed E-state index contributed by atoms with van der Waals surface area (Å²) in [6, 6.07) is 3.34. The average molecular weight is 294 g/mol. The first-order valence-corrected chi connectivity index (χ1v) is 7.43. The van der Waals surface area contributed by atoms with E-state index in [1.165, 1.54) is 23.8 Å². The molecule has 0 spiro atoms. The van der Waals surface area contributed by atoms with Crippen LogP contribution in [0.2, 0.25) is 0 Å². The van der Waals surface area contributed by atoms with Gasteiger partial charge < -0.3 is 14.4 Å². The van der Waals surface area contributed by atoms with Crippen molar-refractivity contribution >= 4 is 5.97 Å². The fraction of sp³-hybridized carbons (Fsp3) is 0.600. The van der Waals surface area contributed by atoms with Gasteiger partial charge in [-0.3, -0.25) is 14.5 Å². The Kier molecular flexibility index (Phi) is 5.80. The molecule has 0 aliphatic carbocycles. The van der Waals surface area contributed by atoms with E-state index in [1.54, 1.807) is 18.3 Å². The van der Waals surface area contributed by atoms with Crippen molar-refractivity contribution in [2.45, 2.75) is 32.2 Å². The van der Waals surface area contributed by atoms with Gasteiger partial charge >= 0.3 is 5.97 Å². The molecule has 0 bridgehead atoms. The molecule has 1 aliphatic heterocycles. The Labute approximate surface area is 123 Å². The zero-order valence-electron chi connectivity index (χ0n) is 12.2. The van der Waals surface area contributed by atoms with E-state index in [1.807, 2.05) is 0 Å². The second-order valence-electron chi connectivity index (χ2n) is 5.27. The van der Waals surface area contributed by atoms with Gasteiger partial charge in [0.1, 0.15) is 6.61 Å². The first-order chi connectivity index (χ1) is 10.2. The van der Waals surface area contributed by atoms with Gasteiger partial charge in [0.05, 0.1) is 6.42 Å². The third-order valence-corrected chi connectivity index (χ3v) is 3.67. The Balaban J connectivity index is 1.86. The largest absolute Gasteiger partial charge is 0.487 e. The number of hydrogen-bond donors (Lipinski definition) is 1. The molecule has 1 saturated heterocycles. The number of carboxylic acid groups (broad SMARTS) is 1. The van der Waals surface area contributed by atoms with Gasteiger partial charge in [-0.05, 0) is 38.1 Å². The van der Waals surface area contributed by atoms with Crippen LogP contribution in [0.1, 0.15) is 25.7 Å². The molecular weight excluding hydrogens is 272 g/mol. The summed E-state index contributed by atoms with van der Waals surface area (Å²) < 4.78 is 6.94. The van der Waals surface area contributed by atoms with Crippen LogP contribution in [0.25, 0.3) is 0 Å². The van der Waals surface area contributed by atoms with Crippen LogP contribution in [0.15, 0.2) is 23.1 Å². The molecule has 2 rings (SSSR count). The van der Waals surface area contributed by atoms with Gasteiger partial charge in [0.2, 0.25) is 0 Å². The van der Waals surface area contributed by atoms with E-state index in [0.717, 1.165) is 19.6 Å². The normalized spacial score (nSPS) is 15.8. The Morgan fingerprint density at radius 1 is 1.24 bits per heavy atom. The molecule has 6 nitrogen and oxygen atoms in total. The van der Waals surface area contributed by atoms with Gasteiger partial charge in [0, 0.05) is 19.3 Å². The summed E-state index contributed by atoms with van der Waals surface area (Å²) in [4.78, 5) is 25.0. The van der Waals surface area contributed by atoms with E-state index in [-0.39, 0.29) is 18.5 Å². The standard InChI is InChI=1S/C15H22N2O4/c18-14(19)6-10-17-9-4-5-13(15(17)20)21-12-11-16-7-2-1-3-8-16/h4-5,9H,1-3,6-8,10-12H2,(H,18,19). The number of pyridine rings is 1. The third kappa shape index (κ3) is 4.90. The fourth-order valence-electron chi connectivity index (χ4n) is 2.48. The average Bonchev–Trinajstić information content (AvgIpc) is 2.49. The number of carboxylic acids is 1. The van der Waals surface area contributed by atoms with Crippen LogP contribution < -0.4 is 10.3 Å². The molecule has 2 heterocycles. The topological polar surface area (TPSA) is 71.8 Å². The SMILES string of the molecule is O=C(O)CCn1cccc(OCCN2CCCCC2)c1=O. The molecule has 1 fully saturated rings. The lowest BCUT2D eigenvalue weighted by Gasteiger charge is -2.26. The van der Waals surface area contributed by atoms with Crippen LogP contribution in [0.5, 0.6) is 5.75 Å². The molecular formula is C15H22N2O4. The molecule has 0 aromatic carbocycles. The summed E-state index contributed by atoms with van der Waals surface area (Å²) in [6.45, 7) is 3.67. The Bertz CT molecular complexity index is 521. The van der Waals surface area contributed by atoms with Crippen LogP contribution in [0.4, 0.5) is 0 Å². The highest BCUT2D eigenvalue weighted by Crippen LogP contribution is 2.08. The van der Waals surface area contributed by atoms with E-state index in [4.69, 9.17) is 9.84 Å². The number of aromatic nitrogens is 1. The lowest BCUT2D eigenvalue weighted by Crippen LogP contribution is -2.34. The van der Waals surface area contributed by atoms with Crippen molar-refractivity contribution in [2.75, 3.05) is 26.2 Å². The molecule has 1 aromatic rings. The molecule has 6 heteroatoms. The van der Waals surface area contributed by atoms with Gasteiger partial charge in [-0.2, -0.15) is 0 Å². The minimum atomic E-state index is -0.918. The predicted molar refractivity (Wildman–Crippen MR) is 78.7 cm³/mol. The lowest BCUT2D eigenvalue weighted by molar-refractivity contribution is -0.137. The highest BCUT2D eigenvalue weighted by atomic mass is 16.5. The highest BCUT2D eigenvalue weighted by molar-refractivity contribution is 5.66. The van der Waals surface area contributed by atoms with Gasteiger partial charge in [-0.1, -0.05) is 6.42 Å². The minimum Gasteiger partial charge on any atom is -0.487 e. The summed E-state index contributed by atoms with van der Waals surface area (Å²) in [6.07, 6.45) is 5.27. The van der Waals surface area contributed by atoms with Crippen molar-refractivity contribution in [3.63, 3.8) is 0 Å². The maximum absolute atomic E-state index is 12.1. The summed E-state index contributed by atoms with van der Waals surface area (Å²) in [7, 11) is 0. The second kappa shape index (κ2) is 7.83. The summed E-state index contributed by atoms with van der Waals surface area (Å²) >= 11 is 0. The molecule has 1 aliphatic rings. The maximum Gasteiger partial charge on any atom is 0.305 e. The summed E-state index contributed by atoms with van der Waals surface area (Å²) in [5.74, 6) is -0.627. The number of aliphatic carboxylic acids is 1. The highest BCUT2D eigenvalue weighted by Gasteiger charge is 2.10. The Hall–Kier alpha value is -1.82. The number of likely N-dealkylation sites (tertiary alicyclic amines) is 1. The molecule has 1 N–H and O–H groups in total. The van der Waals surface area contributed by atoms with Crippen molar-refractivity contribution in [1.82, 2.24) is 9.47 Å². The number of nitrogens with zero attached hydrogens (tertiary/aromatic N) is 2. The van der Waals surface area contributed by atoms with E-state index >= 15 is 0 Å². The Morgan fingerprint density at radius 2 is 2.00 bits per heavy atom. The number of aryl methyl sites for hydroxylation is 1. The second-order valence-corrected chi connectivity index (χ2v) is 5.27. The monoisotopic (exact) mass is 294 g/mol. The molecule has 116 valence electrons. The first kappa shape index (κ1) is 15.6. The predicted octanol–water partition coefficient (Wildman–Crippen LogP) is 1.19. The van der Waals surface area contributed by atoms with E-state index in [9.17, 15) is 9.59 Å². The number of rotatable bonds is 7. The first-order valence-electron chi connectivity index (χ1n) is 7.43. The number of hydrogen-bond acceptors (Lipinski definition) is 4. The molecule has 1 aromatic heterocycles. The summed E-state index contributed by atoms with van der Waals surface area (Å²) in [5.41, 5.74) is -0.266. The molecule has 0 unspecified atom stereocenters. The smallest absolute Gasteiger partial charge is 0.305 e. The Morgan fingerprint density at radius 3 is 2.71 bits per heavy atom. The zero-order valence-corrected chi connectivity index (χ0v) is 12.2. The van der Waals surface area contributed by atoms with Crippen LogP contribution in [-0.4, -0.2) is 46.8 Å². The van der Waals surface area contributed by atoms with Crippen LogP contribution in [0, 0.1) is 0 Å². The molecule has 0 atom stereocenters.